The molecule has 2 rings (SSSR count). The highest BCUT2D eigenvalue weighted by Crippen LogP contribution is 2.04. The van der Waals surface area contributed by atoms with E-state index in [1.54, 1.807) is 18.6 Å². The van der Waals surface area contributed by atoms with Gasteiger partial charge < -0.3 is 0 Å². The first kappa shape index (κ1) is 7.09. The van der Waals surface area contributed by atoms with Crippen molar-refractivity contribution < 1.29 is 0 Å². The van der Waals surface area contributed by atoms with Crippen LogP contribution in [0.15, 0.2) is 22.6 Å². The molecule has 4 nitrogen and oxygen atoms in total. The third-order valence-electron chi connectivity index (χ3n) is 1.62. The average molecular weight is 160 g/mol. The molecule has 1 aromatic rings. The van der Waals surface area contributed by atoms with Crippen molar-refractivity contribution in [3.63, 3.8) is 0 Å². The van der Waals surface area contributed by atoms with Crippen molar-refractivity contribution in [3.05, 3.63) is 23.8 Å². The van der Waals surface area contributed by atoms with Crippen molar-refractivity contribution in [2.24, 2.45) is 10.2 Å². The number of aromatic nitrogens is 2. The van der Waals surface area contributed by atoms with E-state index >= 15 is 0 Å². The third kappa shape index (κ3) is 1.23. The Hall–Kier alpha value is -1.58. The molecule has 0 bridgehead atoms. The molecule has 0 fully saturated rings. The molecule has 0 radical (unpaired) electrons. The van der Waals surface area contributed by atoms with Gasteiger partial charge in [-0.25, -0.2) is 0 Å². The van der Waals surface area contributed by atoms with E-state index in [9.17, 15) is 0 Å². The quantitative estimate of drug-likeness (QED) is 0.614. The Labute approximate surface area is 70.1 Å². The van der Waals surface area contributed by atoms with Crippen molar-refractivity contribution in [1.29, 1.82) is 0 Å². The minimum atomic E-state index is 0.762. The van der Waals surface area contributed by atoms with Crippen LogP contribution in [0, 0.1) is 6.92 Å². The maximum atomic E-state index is 4.19. The monoisotopic (exact) mass is 160 g/mol. The fourth-order valence-corrected chi connectivity index (χ4v) is 0.976. The first-order chi connectivity index (χ1) is 5.86. The zero-order chi connectivity index (χ0) is 8.39. The Bertz CT molecular complexity index is 337. The summed E-state index contributed by atoms with van der Waals surface area (Å²) >= 11 is 0. The summed E-state index contributed by atoms with van der Waals surface area (Å²) in [5, 5.41) is 7.68. The molecule has 0 spiro atoms. The van der Waals surface area contributed by atoms with Gasteiger partial charge in [-0.1, -0.05) is 0 Å². The topological polar surface area (TPSA) is 50.5 Å². The van der Waals surface area contributed by atoms with Crippen LogP contribution in [0.2, 0.25) is 0 Å². The number of hydrogen-bond donors (Lipinski definition) is 0. The van der Waals surface area contributed by atoms with Crippen molar-refractivity contribution >= 4 is 11.9 Å². The molecule has 60 valence electrons. The fraction of sp³-hybridized carbons (Fsp3) is 0.250. The van der Waals surface area contributed by atoms with Crippen LogP contribution in [-0.2, 0) is 0 Å². The van der Waals surface area contributed by atoms with Gasteiger partial charge in [0.2, 0.25) is 0 Å². The first-order valence-corrected chi connectivity index (χ1v) is 3.73. The second-order valence-corrected chi connectivity index (χ2v) is 2.59. The predicted molar refractivity (Wildman–Crippen MR) is 46.4 cm³/mol. The molecule has 1 aliphatic rings. The van der Waals surface area contributed by atoms with E-state index in [4.69, 9.17) is 0 Å². The van der Waals surface area contributed by atoms with E-state index in [2.05, 4.69) is 20.2 Å². The van der Waals surface area contributed by atoms with E-state index in [0.29, 0.717) is 0 Å². The van der Waals surface area contributed by atoms with Gasteiger partial charge in [0.25, 0.3) is 0 Å². The summed E-state index contributed by atoms with van der Waals surface area (Å²) < 4.78 is 0. The van der Waals surface area contributed by atoms with Gasteiger partial charge in [-0.2, -0.15) is 10.2 Å². The highest BCUT2D eigenvalue weighted by Gasteiger charge is 2.07. The molecule has 0 aromatic carbocycles. The standard InChI is InChI=1S/C8H8N4/c1-6-4-10-8(5-9-6)7-2-3-11-12-7/h3-5H,2H2,1H3. The minimum absolute atomic E-state index is 0.762. The molecular formula is C8H8N4. The second-order valence-electron chi connectivity index (χ2n) is 2.59. The van der Waals surface area contributed by atoms with Crippen molar-refractivity contribution in [2.45, 2.75) is 13.3 Å². The Morgan fingerprint density at radius 1 is 1.25 bits per heavy atom. The second kappa shape index (κ2) is 2.81. The fourth-order valence-electron chi connectivity index (χ4n) is 0.976. The molecule has 1 aromatic heterocycles. The van der Waals surface area contributed by atoms with Gasteiger partial charge in [0.05, 0.1) is 17.6 Å². The lowest BCUT2D eigenvalue weighted by Crippen LogP contribution is -2.02. The summed E-state index contributed by atoms with van der Waals surface area (Å²) in [5.74, 6) is 0. The van der Waals surface area contributed by atoms with E-state index < -0.39 is 0 Å². The molecular weight excluding hydrogens is 152 g/mol. The molecule has 0 saturated carbocycles. The minimum Gasteiger partial charge on any atom is -0.258 e. The Morgan fingerprint density at radius 3 is 2.75 bits per heavy atom. The lowest BCUT2D eigenvalue weighted by molar-refractivity contribution is 1.10. The van der Waals surface area contributed by atoms with Gasteiger partial charge in [0.15, 0.2) is 0 Å². The highest BCUT2D eigenvalue weighted by atomic mass is 15.2. The molecule has 2 heterocycles. The third-order valence-corrected chi connectivity index (χ3v) is 1.62. The summed E-state index contributed by atoms with van der Waals surface area (Å²) in [4.78, 5) is 8.31. The maximum absolute atomic E-state index is 4.19. The van der Waals surface area contributed by atoms with Crippen molar-refractivity contribution in [3.8, 4) is 0 Å². The maximum Gasteiger partial charge on any atom is 0.105 e. The highest BCUT2D eigenvalue weighted by molar-refractivity contribution is 6.07. The van der Waals surface area contributed by atoms with Gasteiger partial charge in [-0.05, 0) is 6.92 Å². The van der Waals surface area contributed by atoms with Gasteiger partial charge in [-0.3, -0.25) is 9.97 Å². The number of aryl methyl sites for hydroxylation is 1. The van der Waals surface area contributed by atoms with Crippen LogP contribution in [0.25, 0.3) is 0 Å². The van der Waals surface area contributed by atoms with Gasteiger partial charge in [-0.15, -0.1) is 0 Å². The molecule has 0 saturated heterocycles. The Balaban J connectivity index is 2.30. The zero-order valence-corrected chi connectivity index (χ0v) is 6.73. The summed E-state index contributed by atoms with van der Waals surface area (Å²) in [7, 11) is 0. The normalized spacial score (nSPS) is 14.9. The summed E-state index contributed by atoms with van der Waals surface area (Å²) in [6.07, 6.45) is 5.98. The van der Waals surface area contributed by atoms with Crippen LogP contribution in [-0.4, -0.2) is 21.9 Å². The predicted octanol–water partition coefficient (Wildman–Crippen LogP) is 0.964. The Kier molecular flexibility index (Phi) is 1.66. The molecule has 1 aliphatic heterocycles. The van der Waals surface area contributed by atoms with E-state index in [1.807, 2.05) is 6.92 Å². The van der Waals surface area contributed by atoms with Gasteiger partial charge in [0, 0.05) is 18.8 Å². The van der Waals surface area contributed by atoms with E-state index in [0.717, 1.165) is 23.5 Å². The molecule has 0 amide bonds. The van der Waals surface area contributed by atoms with Crippen molar-refractivity contribution in [1.82, 2.24) is 9.97 Å². The summed E-state index contributed by atoms with van der Waals surface area (Å²) in [6.45, 7) is 1.91. The SMILES string of the molecule is Cc1cnc(C2=NN=CC2)cn1. The lowest BCUT2D eigenvalue weighted by atomic mass is 10.2. The molecule has 0 atom stereocenters. The number of hydrogen-bond acceptors (Lipinski definition) is 4. The van der Waals surface area contributed by atoms with Gasteiger partial charge in [0.1, 0.15) is 5.69 Å². The molecule has 0 aliphatic carbocycles. The van der Waals surface area contributed by atoms with Crippen molar-refractivity contribution in [2.75, 3.05) is 0 Å². The molecule has 0 N–H and O–H groups in total. The lowest BCUT2D eigenvalue weighted by Gasteiger charge is -1.96. The Morgan fingerprint density at radius 2 is 2.17 bits per heavy atom. The zero-order valence-electron chi connectivity index (χ0n) is 6.73. The summed E-state index contributed by atoms with van der Waals surface area (Å²) in [5.41, 5.74) is 2.62. The molecule has 0 unspecified atom stereocenters. The largest absolute Gasteiger partial charge is 0.258 e. The summed E-state index contributed by atoms with van der Waals surface area (Å²) in [6, 6.07) is 0. The van der Waals surface area contributed by atoms with Crippen LogP contribution in [0.3, 0.4) is 0 Å². The van der Waals surface area contributed by atoms with E-state index in [-0.39, 0.29) is 0 Å². The first-order valence-electron chi connectivity index (χ1n) is 3.73. The molecule has 12 heavy (non-hydrogen) atoms. The smallest absolute Gasteiger partial charge is 0.105 e. The van der Waals surface area contributed by atoms with Crippen LogP contribution < -0.4 is 0 Å². The molecule has 4 heteroatoms. The van der Waals surface area contributed by atoms with Crippen LogP contribution in [0.5, 0.6) is 0 Å². The number of rotatable bonds is 1. The van der Waals surface area contributed by atoms with Crippen LogP contribution in [0.4, 0.5) is 0 Å². The average Bonchev–Trinajstić information content (AvgIpc) is 2.58. The van der Waals surface area contributed by atoms with Gasteiger partial charge >= 0.3 is 0 Å². The van der Waals surface area contributed by atoms with Crippen LogP contribution >= 0.6 is 0 Å². The van der Waals surface area contributed by atoms with E-state index in [1.165, 1.54) is 0 Å². The number of nitrogens with zero attached hydrogens (tertiary/aromatic N) is 4. The van der Waals surface area contributed by atoms with Crippen LogP contribution in [0.1, 0.15) is 17.8 Å².